The number of thiazole rings is 2. The standard InChI is InChI=1S/C39H38N4O3S.C27H24N2O3S/c1-39(2,3)30-21-19-26(20-22-30)31-13-7-8-14-32(31)36(45)42-38-40-33(25-47-38)27-15-17-29(18-16-27)35(44)41-34(28-11-5-4-6-12-28)37(46)43-23-9-10-24-43;1-27(2,3)20-14-12-17(13-15-20)21-6-4-5-7-22(21)24(30)29-26-28-23(16-33-26)18-8-10-19(11-9-18)25(31)32/h4-8,11-22,25,34H,9-10,23-24H2,1-3H3,(H,41,44)(H,40,42,45);4-16H,1-3H3,(H,31,32)(H,28,29,30)/t34-;/m0./s1. The van der Waals surface area contributed by atoms with E-state index >= 15 is 0 Å². The number of carbonyl (C=O) groups excluding carboxylic acids is 4. The largest absolute Gasteiger partial charge is 0.478 e. The average Bonchev–Trinajstić information content (AvgIpc) is 4.30. The van der Waals surface area contributed by atoms with E-state index in [0.717, 1.165) is 51.8 Å². The van der Waals surface area contributed by atoms with Crippen molar-refractivity contribution in [1.29, 1.82) is 0 Å². The SMILES string of the molecule is CC(C)(C)c1ccc(-c2ccccc2C(=O)Nc2nc(-c3ccc(C(=O)N[C@H](C(=O)N4CCCC4)c4ccccc4)cc3)cs2)cc1.CC(C)(C)c1ccc(-c2ccccc2C(=O)Nc2nc(-c3ccc(C(=O)O)cc3)cs2)cc1. The number of hydrogen-bond donors (Lipinski definition) is 4. The van der Waals surface area contributed by atoms with Crippen LogP contribution in [0.1, 0.15) is 119 Å². The molecule has 4 N–H and O–H groups in total. The zero-order chi connectivity index (χ0) is 56.6. The number of hydrogen-bond acceptors (Lipinski definition) is 9. The third-order valence-electron chi connectivity index (χ3n) is 13.9. The zero-order valence-electron chi connectivity index (χ0n) is 45.5. The predicted octanol–water partition coefficient (Wildman–Crippen LogP) is 14.8. The topological polar surface area (TPSA) is 171 Å². The Balaban J connectivity index is 0.000000206. The van der Waals surface area contributed by atoms with Crippen molar-refractivity contribution < 1.29 is 29.1 Å². The van der Waals surface area contributed by atoms with Crippen LogP contribution in [0.25, 0.3) is 44.8 Å². The molecular formula is C66H62N6O6S2. The molecule has 0 unspecified atom stereocenters. The van der Waals surface area contributed by atoms with E-state index in [2.05, 4.69) is 116 Å². The Morgan fingerprint density at radius 2 is 0.887 bits per heavy atom. The molecule has 9 aromatic rings. The lowest BCUT2D eigenvalue weighted by Gasteiger charge is -2.24. The van der Waals surface area contributed by atoms with Crippen LogP contribution in [0.3, 0.4) is 0 Å². The van der Waals surface area contributed by atoms with Crippen molar-refractivity contribution in [2.75, 3.05) is 23.7 Å². The van der Waals surface area contributed by atoms with E-state index in [-0.39, 0.29) is 40.0 Å². The molecule has 1 saturated heterocycles. The van der Waals surface area contributed by atoms with Crippen molar-refractivity contribution in [1.82, 2.24) is 20.2 Å². The molecule has 12 nitrogen and oxygen atoms in total. The lowest BCUT2D eigenvalue weighted by atomic mass is 9.86. The van der Waals surface area contributed by atoms with Crippen LogP contribution in [0.4, 0.5) is 10.3 Å². The van der Waals surface area contributed by atoms with Crippen molar-refractivity contribution >= 4 is 62.5 Å². The van der Waals surface area contributed by atoms with Gasteiger partial charge >= 0.3 is 5.97 Å². The predicted molar refractivity (Wildman–Crippen MR) is 322 cm³/mol. The van der Waals surface area contributed by atoms with Gasteiger partial charge in [-0.1, -0.05) is 181 Å². The first kappa shape index (κ1) is 55.9. The second-order valence-electron chi connectivity index (χ2n) is 21.5. The molecular weight excluding hydrogens is 1040 g/mol. The lowest BCUT2D eigenvalue weighted by Crippen LogP contribution is -2.41. The Morgan fingerprint density at radius 1 is 0.487 bits per heavy atom. The fraction of sp³-hybridized carbons (Fsp3) is 0.197. The molecule has 1 aliphatic rings. The first-order valence-electron chi connectivity index (χ1n) is 26.4. The summed E-state index contributed by atoms with van der Waals surface area (Å²) >= 11 is 2.67. The van der Waals surface area contributed by atoms with Crippen LogP contribution in [-0.4, -0.2) is 62.7 Å². The van der Waals surface area contributed by atoms with Gasteiger partial charge < -0.3 is 15.3 Å². The molecule has 7 aromatic carbocycles. The number of nitrogens with one attached hydrogen (secondary N) is 3. The molecule has 14 heteroatoms. The molecule has 0 radical (unpaired) electrons. The first-order valence-corrected chi connectivity index (χ1v) is 28.2. The summed E-state index contributed by atoms with van der Waals surface area (Å²) in [6.07, 6.45) is 1.95. The van der Waals surface area contributed by atoms with E-state index < -0.39 is 12.0 Å². The highest BCUT2D eigenvalue weighted by molar-refractivity contribution is 7.14. The van der Waals surface area contributed by atoms with Crippen LogP contribution < -0.4 is 16.0 Å². The molecule has 80 heavy (non-hydrogen) atoms. The van der Waals surface area contributed by atoms with Crippen molar-refractivity contribution in [3.63, 3.8) is 0 Å². The summed E-state index contributed by atoms with van der Waals surface area (Å²) in [5, 5.41) is 22.5. The molecule has 3 heterocycles. The highest BCUT2D eigenvalue weighted by Crippen LogP contribution is 2.33. The van der Waals surface area contributed by atoms with Crippen LogP contribution in [-0.2, 0) is 15.6 Å². The van der Waals surface area contributed by atoms with E-state index in [4.69, 9.17) is 5.11 Å². The molecule has 4 amide bonds. The number of anilines is 2. The van der Waals surface area contributed by atoms with Crippen LogP contribution >= 0.6 is 22.7 Å². The number of aromatic carboxylic acids is 1. The third-order valence-corrected chi connectivity index (χ3v) is 15.4. The van der Waals surface area contributed by atoms with Gasteiger partial charge in [-0.15, -0.1) is 22.7 Å². The number of carboxylic acid groups (broad SMARTS) is 1. The van der Waals surface area contributed by atoms with Gasteiger partial charge in [0.1, 0.15) is 6.04 Å². The minimum absolute atomic E-state index is 0.0453. The summed E-state index contributed by atoms with van der Waals surface area (Å²) < 4.78 is 0. The second kappa shape index (κ2) is 24.4. The summed E-state index contributed by atoms with van der Waals surface area (Å²) in [4.78, 5) is 75.1. The summed E-state index contributed by atoms with van der Waals surface area (Å²) in [5.74, 6) is -1.84. The van der Waals surface area contributed by atoms with Gasteiger partial charge in [0.05, 0.1) is 17.0 Å². The molecule has 10 rings (SSSR count). The lowest BCUT2D eigenvalue weighted by molar-refractivity contribution is -0.132. The quantitative estimate of drug-likeness (QED) is 0.0884. The number of nitrogens with zero attached hydrogens (tertiary/aromatic N) is 3. The molecule has 404 valence electrons. The maximum absolute atomic E-state index is 13.4. The minimum atomic E-state index is -0.973. The minimum Gasteiger partial charge on any atom is -0.478 e. The van der Waals surface area contributed by atoms with Crippen LogP contribution in [0, 0.1) is 0 Å². The van der Waals surface area contributed by atoms with E-state index in [9.17, 15) is 24.0 Å². The fourth-order valence-electron chi connectivity index (χ4n) is 9.27. The smallest absolute Gasteiger partial charge is 0.335 e. The second-order valence-corrected chi connectivity index (χ2v) is 23.3. The summed E-state index contributed by atoms with van der Waals surface area (Å²) in [5.41, 5.74) is 11.8. The first-order chi connectivity index (χ1) is 38.4. The van der Waals surface area contributed by atoms with Gasteiger partial charge in [0.15, 0.2) is 10.3 Å². The molecule has 1 fully saturated rings. The van der Waals surface area contributed by atoms with Crippen molar-refractivity contribution in [3.8, 4) is 44.8 Å². The normalized spacial score (nSPS) is 12.7. The maximum atomic E-state index is 13.4. The van der Waals surface area contributed by atoms with Crippen LogP contribution in [0.2, 0.25) is 0 Å². The molecule has 0 saturated carbocycles. The number of likely N-dealkylation sites (tertiary alicyclic amines) is 1. The molecule has 0 spiro atoms. The molecule has 0 aliphatic carbocycles. The summed E-state index contributed by atoms with van der Waals surface area (Å²) in [6, 6.07) is 54.0. The van der Waals surface area contributed by atoms with E-state index in [1.807, 2.05) is 107 Å². The Bertz CT molecular complexity index is 3650. The zero-order valence-corrected chi connectivity index (χ0v) is 47.1. The van der Waals surface area contributed by atoms with Crippen molar-refractivity contribution in [2.45, 2.75) is 71.3 Å². The van der Waals surface area contributed by atoms with Gasteiger partial charge in [0.2, 0.25) is 5.91 Å². The number of rotatable bonds is 13. The van der Waals surface area contributed by atoms with Gasteiger partial charge in [-0.25, -0.2) is 14.8 Å². The molecule has 1 aliphatic heterocycles. The Morgan fingerprint density at radius 3 is 1.31 bits per heavy atom. The fourth-order valence-corrected chi connectivity index (χ4v) is 10.7. The van der Waals surface area contributed by atoms with Crippen molar-refractivity contribution in [2.24, 2.45) is 0 Å². The molecule has 0 bridgehead atoms. The molecule has 1 atom stereocenters. The monoisotopic (exact) mass is 1100 g/mol. The van der Waals surface area contributed by atoms with Crippen molar-refractivity contribution in [3.05, 3.63) is 226 Å². The Kier molecular flexibility index (Phi) is 17.1. The van der Waals surface area contributed by atoms with Gasteiger partial charge in [-0.05, 0) is 99.0 Å². The Labute approximate surface area is 474 Å². The summed E-state index contributed by atoms with van der Waals surface area (Å²) in [7, 11) is 0. The van der Waals surface area contributed by atoms with Crippen LogP contribution in [0.5, 0.6) is 0 Å². The third kappa shape index (κ3) is 13.5. The number of aromatic nitrogens is 2. The Hall–Kier alpha value is -8.85. The van der Waals surface area contributed by atoms with Gasteiger partial charge in [0.25, 0.3) is 17.7 Å². The number of benzene rings is 7. The van der Waals surface area contributed by atoms with Crippen LogP contribution in [0.15, 0.2) is 187 Å². The maximum Gasteiger partial charge on any atom is 0.335 e. The summed E-state index contributed by atoms with van der Waals surface area (Å²) in [6.45, 7) is 14.5. The molecule has 2 aromatic heterocycles. The van der Waals surface area contributed by atoms with Gasteiger partial charge in [-0.2, -0.15) is 0 Å². The highest BCUT2D eigenvalue weighted by atomic mass is 32.1. The van der Waals surface area contributed by atoms with E-state index in [1.54, 1.807) is 24.3 Å². The number of amides is 4. The van der Waals surface area contributed by atoms with E-state index in [1.165, 1.54) is 45.9 Å². The average molecular weight is 1100 g/mol. The van der Waals surface area contributed by atoms with E-state index in [0.29, 0.717) is 51.4 Å². The number of carbonyl (C=O) groups is 5. The highest BCUT2D eigenvalue weighted by Gasteiger charge is 2.30. The van der Waals surface area contributed by atoms with Gasteiger partial charge in [0, 0.05) is 51.7 Å². The van der Waals surface area contributed by atoms with Gasteiger partial charge in [-0.3, -0.25) is 29.8 Å². The number of carboxylic acids is 1.